The number of piperidine rings is 1. The maximum absolute atomic E-state index is 15.6. The molecule has 5 rings (SSSR count). The predicted molar refractivity (Wildman–Crippen MR) is 163 cm³/mol. The molecule has 1 amide bonds. The fourth-order valence-corrected chi connectivity index (χ4v) is 6.65. The standard InChI is InChI=1S/C29H36F3N7O5S/c1-29(2,3)44-28(41)38-10-7-17(8-11-38)14-33-27-34-15-18-13-20(26(40)37(4)25(18)35-27)23-21(31)5-6-22(24(23)32)36-45(42,43)39-12-9-19(30)16-39/h5-6,13,15,17,19,36H,7-12,14,16H2,1-4H3,(H,33,34,35)/t19-/m1/s1. The highest BCUT2D eigenvalue weighted by Gasteiger charge is 2.33. The quantitative estimate of drug-likeness (QED) is 0.391. The summed E-state index contributed by atoms with van der Waals surface area (Å²) < 4.78 is 79.0. The molecule has 4 heterocycles. The summed E-state index contributed by atoms with van der Waals surface area (Å²) in [4.78, 5) is 36.1. The van der Waals surface area contributed by atoms with Gasteiger partial charge in [0, 0.05) is 51.4 Å². The van der Waals surface area contributed by atoms with Gasteiger partial charge < -0.3 is 15.0 Å². The maximum Gasteiger partial charge on any atom is 0.410 e. The second-order valence-corrected chi connectivity index (χ2v) is 14.0. The Kier molecular flexibility index (Phi) is 8.99. The summed E-state index contributed by atoms with van der Waals surface area (Å²) in [6.07, 6.45) is 1.27. The molecule has 16 heteroatoms. The minimum atomic E-state index is -4.32. The van der Waals surface area contributed by atoms with Crippen LogP contribution in [0.1, 0.15) is 40.0 Å². The Labute approximate surface area is 258 Å². The molecular formula is C29H36F3N7O5S. The van der Waals surface area contributed by atoms with Crippen LogP contribution >= 0.6 is 0 Å². The van der Waals surface area contributed by atoms with Gasteiger partial charge >= 0.3 is 16.3 Å². The van der Waals surface area contributed by atoms with Crippen molar-refractivity contribution in [1.29, 1.82) is 0 Å². The van der Waals surface area contributed by atoms with Crippen LogP contribution in [0.2, 0.25) is 0 Å². The number of amides is 1. The molecule has 1 aromatic carbocycles. The third-order valence-corrected chi connectivity index (χ3v) is 9.29. The number of pyridine rings is 1. The van der Waals surface area contributed by atoms with Gasteiger partial charge in [-0.05, 0) is 64.2 Å². The zero-order chi connectivity index (χ0) is 32.7. The van der Waals surface area contributed by atoms with Crippen LogP contribution in [-0.4, -0.2) is 82.7 Å². The van der Waals surface area contributed by atoms with E-state index in [0.717, 1.165) is 33.8 Å². The molecule has 2 aliphatic heterocycles. The summed E-state index contributed by atoms with van der Waals surface area (Å²) in [5, 5.41) is 3.49. The monoisotopic (exact) mass is 651 g/mol. The normalized spacial score (nSPS) is 18.4. The Bertz CT molecular complexity index is 1770. The number of ether oxygens (including phenoxy) is 1. The van der Waals surface area contributed by atoms with Gasteiger partial charge in [-0.25, -0.2) is 22.9 Å². The van der Waals surface area contributed by atoms with E-state index in [1.54, 1.807) is 4.90 Å². The Balaban J connectivity index is 1.32. The molecule has 0 radical (unpaired) electrons. The minimum Gasteiger partial charge on any atom is -0.444 e. The van der Waals surface area contributed by atoms with Crippen LogP contribution in [-0.2, 0) is 22.0 Å². The Hall–Kier alpha value is -3.92. The maximum atomic E-state index is 15.6. The van der Waals surface area contributed by atoms with Gasteiger partial charge in [0.2, 0.25) is 5.95 Å². The molecule has 0 saturated carbocycles. The smallest absolute Gasteiger partial charge is 0.410 e. The summed E-state index contributed by atoms with van der Waals surface area (Å²) >= 11 is 0. The van der Waals surface area contributed by atoms with Crippen molar-refractivity contribution in [2.75, 3.05) is 42.8 Å². The van der Waals surface area contributed by atoms with Crippen molar-refractivity contribution in [3.05, 3.63) is 46.4 Å². The van der Waals surface area contributed by atoms with Gasteiger partial charge in [-0.3, -0.25) is 14.1 Å². The number of nitrogens with zero attached hydrogens (tertiary/aromatic N) is 5. The summed E-state index contributed by atoms with van der Waals surface area (Å²) in [6, 6.07) is 3.01. The summed E-state index contributed by atoms with van der Waals surface area (Å²) in [6.45, 7) is 6.66. The second-order valence-electron chi connectivity index (χ2n) is 12.3. The lowest BCUT2D eigenvalue weighted by Crippen LogP contribution is -2.42. The summed E-state index contributed by atoms with van der Waals surface area (Å²) in [5.41, 5.74) is -2.77. The SMILES string of the molecule is Cn1c(=O)c(-c2c(F)ccc(NS(=O)(=O)N3CC[C@@H](F)C3)c2F)cc2cnc(NCC3CCN(C(=O)OC(C)(C)C)CC3)nc21. The van der Waals surface area contributed by atoms with Crippen LogP contribution in [0.5, 0.6) is 0 Å². The Morgan fingerprint density at radius 2 is 1.84 bits per heavy atom. The van der Waals surface area contributed by atoms with E-state index in [-0.39, 0.29) is 48.7 Å². The highest BCUT2D eigenvalue weighted by molar-refractivity contribution is 7.90. The van der Waals surface area contributed by atoms with Crippen molar-refractivity contribution in [1.82, 2.24) is 23.7 Å². The number of carbonyl (C=O) groups excluding carboxylic acids is 1. The molecule has 0 bridgehead atoms. The highest BCUT2D eigenvalue weighted by atomic mass is 32.2. The number of benzene rings is 1. The molecule has 244 valence electrons. The number of aromatic nitrogens is 3. The molecule has 0 spiro atoms. The van der Waals surface area contributed by atoms with E-state index in [2.05, 4.69) is 15.3 Å². The molecule has 1 atom stereocenters. The average Bonchev–Trinajstić information content (AvgIpc) is 3.43. The van der Waals surface area contributed by atoms with E-state index in [1.807, 2.05) is 25.5 Å². The number of nitrogens with one attached hydrogen (secondary N) is 2. The lowest BCUT2D eigenvalue weighted by Gasteiger charge is -2.33. The van der Waals surface area contributed by atoms with E-state index in [1.165, 1.54) is 19.3 Å². The van der Waals surface area contributed by atoms with Crippen LogP contribution in [0, 0.1) is 17.6 Å². The van der Waals surface area contributed by atoms with Crippen LogP contribution in [0.3, 0.4) is 0 Å². The third-order valence-electron chi connectivity index (χ3n) is 7.80. The van der Waals surface area contributed by atoms with Crippen LogP contribution in [0.4, 0.5) is 29.6 Å². The van der Waals surface area contributed by atoms with Crippen molar-refractivity contribution < 1.29 is 31.1 Å². The van der Waals surface area contributed by atoms with Crippen molar-refractivity contribution in [2.24, 2.45) is 13.0 Å². The molecule has 0 unspecified atom stereocenters. The van der Waals surface area contributed by atoms with Crippen molar-refractivity contribution in [3.63, 3.8) is 0 Å². The lowest BCUT2D eigenvalue weighted by atomic mass is 9.97. The second kappa shape index (κ2) is 12.5. The highest BCUT2D eigenvalue weighted by Crippen LogP contribution is 2.31. The first kappa shape index (κ1) is 32.5. The molecular weight excluding hydrogens is 615 g/mol. The zero-order valence-electron chi connectivity index (χ0n) is 25.4. The minimum absolute atomic E-state index is 0.0136. The molecule has 3 aromatic rings. The van der Waals surface area contributed by atoms with Crippen LogP contribution < -0.4 is 15.6 Å². The molecule has 45 heavy (non-hydrogen) atoms. The van der Waals surface area contributed by atoms with Crippen molar-refractivity contribution >= 4 is 39.0 Å². The van der Waals surface area contributed by atoms with Crippen molar-refractivity contribution in [3.8, 4) is 11.1 Å². The number of anilines is 2. The van der Waals surface area contributed by atoms with Gasteiger partial charge in [-0.1, -0.05) is 0 Å². The fraction of sp³-hybridized carbons (Fsp3) is 0.517. The zero-order valence-corrected chi connectivity index (χ0v) is 26.3. The van der Waals surface area contributed by atoms with Gasteiger partial charge in [-0.15, -0.1) is 0 Å². The Morgan fingerprint density at radius 3 is 2.49 bits per heavy atom. The van der Waals surface area contributed by atoms with E-state index in [9.17, 15) is 26.8 Å². The van der Waals surface area contributed by atoms with Gasteiger partial charge in [0.05, 0.1) is 16.8 Å². The third kappa shape index (κ3) is 7.16. The van der Waals surface area contributed by atoms with E-state index < -0.39 is 50.4 Å². The molecule has 2 aromatic heterocycles. The lowest BCUT2D eigenvalue weighted by molar-refractivity contribution is 0.0188. The predicted octanol–water partition coefficient (Wildman–Crippen LogP) is 4.03. The molecule has 0 aliphatic carbocycles. The molecule has 2 N–H and O–H groups in total. The van der Waals surface area contributed by atoms with Gasteiger partial charge in [0.25, 0.3) is 5.56 Å². The van der Waals surface area contributed by atoms with Crippen LogP contribution in [0.15, 0.2) is 29.2 Å². The van der Waals surface area contributed by atoms with Crippen molar-refractivity contribution in [2.45, 2.75) is 51.8 Å². The molecule has 12 nitrogen and oxygen atoms in total. The van der Waals surface area contributed by atoms with Gasteiger partial charge in [0.15, 0.2) is 5.82 Å². The molecule has 2 aliphatic rings. The number of likely N-dealkylation sites (tertiary alicyclic amines) is 1. The first-order valence-corrected chi connectivity index (χ1v) is 16.1. The van der Waals surface area contributed by atoms with Crippen LogP contribution in [0.25, 0.3) is 22.2 Å². The topological polar surface area (TPSA) is 139 Å². The number of hydrogen-bond acceptors (Lipinski definition) is 8. The van der Waals surface area contributed by atoms with Gasteiger partial charge in [-0.2, -0.15) is 17.7 Å². The number of carbonyl (C=O) groups is 1. The number of alkyl halides is 1. The average molecular weight is 652 g/mol. The summed E-state index contributed by atoms with van der Waals surface area (Å²) in [5.74, 6) is -1.86. The first-order valence-electron chi connectivity index (χ1n) is 14.6. The largest absolute Gasteiger partial charge is 0.444 e. The molecule has 2 fully saturated rings. The fourth-order valence-electron chi connectivity index (χ4n) is 5.38. The summed E-state index contributed by atoms with van der Waals surface area (Å²) in [7, 11) is -2.91. The van der Waals surface area contributed by atoms with Gasteiger partial charge in [0.1, 0.15) is 23.2 Å². The number of fused-ring (bicyclic) bond motifs is 1. The van der Waals surface area contributed by atoms with E-state index in [0.29, 0.717) is 25.0 Å². The number of hydrogen-bond donors (Lipinski definition) is 2. The van der Waals surface area contributed by atoms with E-state index >= 15 is 4.39 Å². The Morgan fingerprint density at radius 1 is 1.13 bits per heavy atom. The number of rotatable bonds is 7. The number of aryl methyl sites for hydroxylation is 1. The number of halogens is 3. The van der Waals surface area contributed by atoms with E-state index in [4.69, 9.17) is 4.74 Å². The first-order chi connectivity index (χ1) is 21.1. The molecule has 2 saturated heterocycles.